The van der Waals surface area contributed by atoms with E-state index in [9.17, 15) is 14.0 Å². The van der Waals surface area contributed by atoms with Gasteiger partial charge in [0.05, 0.1) is 17.9 Å². The summed E-state index contributed by atoms with van der Waals surface area (Å²) >= 11 is 0. The van der Waals surface area contributed by atoms with E-state index in [0.29, 0.717) is 49.9 Å². The average Bonchev–Trinajstić information content (AvgIpc) is 3.40. The maximum atomic E-state index is 14.5. The number of hydrogen-bond donors (Lipinski definition) is 0. The van der Waals surface area contributed by atoms with Gasteiger partial charge in [-0.15, -0.1) is 0 Å². The summed E-state index contributed by atoms with van der Waals surface area (Å²) in [5, 5.41) is 12.2. The molecule has 0 aliphatic carbocycles. The van der Waals surface area contributed by atoms with Crippen LogP contribution in [0.25, 0.3) is 5.69 Å². The van der Waals surface area contributed by atoms with Gasteiger partial charge in [0.15, 0.2) is 5.78 Å². The largest absolute Gasteiger partial charge is 0.366 e. The van der Waals surface area contributed by atoms with E-state index in [2.05, 4.69) is 25.3 Å². The van der Waals surface area contributed by atoms with Crippen LogP contribution in [0, 0.1) is 5.82 Å². The lowest BCUT2D eigenvalue weighted by Crippen LogP contribution is -2.54. The van der Waals surface area contributed by atoms with Gasteiger partial charge in [-0.2, -0.15) is 4.68 Å². The van der Waals surface area contributed by atoms with E-state index in [4.69, 9.17) is 0 Å². The Balaban J connectivity index is 1.11. The quantitative estimate of drug-likeness (QED) is 0.478. The predicted molar refractivity (Wildman–Crippen MR) is 133 cm³/mol. The van der Waals surface area contributed by atoms with Gasteiger partial charge in [-0.3, -0.25) is 14.5 Å². The highest BCUT2D eigenvalue weighted by molar-refractivity contribution is 5.94. The van der Waals surface area contributed by atoms with E-state index >= 15 is 0 Å². The normalized spacial score (nSPS) is 16.9. The molecule has 5 rings (SSSR count). The fourth-order valence-electron chi connectivity index (χ4n) is 4.69. The van der Waals surface area contributed by atoms with E-state index in [1.54, 1.807) is 16.8 Å². The summed E-state index contributed by atoms with van der Waals surface area (Å²) in [5.74, 6) is 0.224. The van der Waals surface area contributed by atoms with Crippen molar-refractivity contribution in [2.24, 2.45) is 0 Å². The zero-order chi connectivity index (χ0) is 25.1. The lowest BCUT2D eigenvalue weighted by molar-refractivity contribution is -0.132. The van der Waals surface area contributed by atoms with Gasteiger partial charge in [0.25, 0.3) is 0 Å². The smallest absolute Gasteiger partial charge is 0.250 e. The Hall–Kier alpha value is -3.86. The molecule has 0 radical (unpaired) electrons. The number of anilines is 2. The van der Waals surface area contributed by atoms with Gasteiger partial charge < -0.3 is 14.7 Å². The summed E-state index contributed by atoms with van der Waals surface area (Å²) in [6, 6.07) is 14.4. The van der Waals surface area contributed by atoms with Crippen molar-refractivity contribution in [3.8, 4) is 5.69 Å². The van der Waals surface area contributed by atoms with Crippen molar-refractivity contribution in [3.63, 3.8) is 0 Å². The summed E-state index contributed by atoms with van der Waals surface area (Å²) in [5.41, 5.74) is 1.74. The first-order chi connectivity index (χ1) is 17.5. The molecule has 3 aromatic rings. The molecule has 1 amide bonds. The Morgan fingerprint density at radius 3 is 2.25 bits per heavy atom. The minimum atomic E-state index is -0.404. The van der Waals surface area contributed by atoms with Gasteiger partial charge in [-0.25, -0.2) is 4.39 Å². The van der Waals surface area contributed by atoms with Crippen LogP contribution in [0.1, 0.15) is 17.3 Å². The Bertz CT molecular complexity index is 1220. The van der Waals surface area contributed by atoms with E-state index in [1.165, 1.54) is 13.0 Å². The maximum absolute atomic E-state index is 14.5. The molecule has 0 spiro atoms. The highest BCUT2D eigenvalue weighted by Gasteiger charge is 2.27. The molecule has 0 atom stereocenters. The van der Waals surface area contributed by atoms with Crippen LogP contribution in [-0.2, 0) is 4.79 Å². The third-order valence-corrected chi connectivity index (χ3v) is 6.80. The van der Waals surface area contributed by atoms with E-state index in [0.717, 1.165) is 31.9 Å². The SMILES string of the molecule is CC(=O)c1ccc(N2CCN(C(=O)CN3CCN(c4nnnn4-c4ccccc4)CC3)CC2)c(F)c1. The van der Waals surface area contributed by atoms with Crippen molar-refractivity contribution in [2.75, 3.05) is 68.7 Å². The highest BCUT2D eigenvalue weighted by atomic mass is 19.1. The van der Waals surface area contributed by atoms with Gasteiger partial charge in [0.1, 0.15) is 5.82 Å². The van der Waals surface area contributed by atoms with Gasteiger partial charge in [-0.05, 0) is 47.7 Å². The van der Waals surface area contributed by atoms with Crippen molar-refractivity contribution in [3.05, 3.63) is 59.9 Å². The van der Waals surface area contributed by atoms with Crippen LogP contribution in [0.2, 0.25) is 0 Å². The number of para-hydroxylation sites is 1. The number of hydrogen-bond acceptors (Lipinski definition) is 8. The predicted octanol–water partition coefficient (Wildman–Crippen LogP) is 1.47. The molecule has 2 saturated heterocycles. The molecule has 2 fully saturated rings. The zero-order valence-electron chi connectivity index (χ0n) is 20.3. The third-order valence-electron chi connectivity index (χ3n) is 6.80. The molecule has 36 heavy (non-hydrogen) atoms. The van der Waals surface area contributed by atoms with E-state index in [-0.39, 0.29) is 11.7 Å². The number of tetrazole rings is 1. The van der Waals surface area contributed by atoms with Crippen LogP contribution in [0.5, 0.6) is 0 Å². The molecule has 2 aromatic carbocycles. The molecule has 0 N–H and O–H groups in total. The lowest BCUT2D eigenvalue weighted by atomic mass is 10.1. The van der Waals surface area contributed by atoms with Crippen molar-refractivity contribution < 1.29 is 14.0 Å². The molecule has 3 heterocycles. The molecule has 0 unspecified atom stereocenters. The fraction of sp³-hybridized carbons (Fsp3) is 0.400. The molecule has 0 saturated carbocycles. The van der Waals surface area contributed by atoms with Crippen LogP contribution in [0.15, 0.2) is 48.5 Å². The monoisotopic (exact) mass is 492 g/mol. The number of Topliss-reactive ketones (excluding diaryl/α,β-unsaturated/α-hetero) is 1. The summed E-state index contributed by atoms with van der Waals surface area (Å²) in [6.07, 6.45) is 0. The highest BCUT2D eigenvalue weighted by Crippen LogP contribution is 2.23. The summed E-state index contributed by atoms with van der Waals surface area (Å²) < 4.78 is 16.2. The van der Waals surface area contributed by atoms with Crippen LogP contribution in [-0.4, -0.2) is 101 Å². The second-order valence-corrected chi connectivity index (χ2v) is 9.08. The molecule has 188 valence electrons. The van der Waals surface area contributed by atoms with Crippen LogP contribution in [0.4, 0.5) is 16.0 Å². The summed E-state index contributed by atoms with van der Waals surface area (Å²) in [7, 11) is 0. The van der Waals surface area contributed by atoms with Gasteiger partial charge in [0, 0.05) is 57.9 Å². The number of nitrogens with zero attached hydrogens (tertiary/aromatic N) is 8. The second kappa shape index (κ2) is 10.4. The average molecular weight is 493 g/mol. The second-order valence-electron chi connectivity index (χ2n) is 9.08. The first-order valence-corrected chi connectivity index (χ1v) is 12.1. The molecule has 0 bridgehead atoms. The first kappa shape index (κ1) is 23.9. The molecule has 2 aliphatic rings. The Morgan fingerprint density at radius 1 is 0.889 bits per heavy atom. The summed E-state index contributed by atoms with van der Waals surface area (Å²) in [4.78, 5) is 32.5. The third kappa shape index (κ3) is 5.06. The number of amides is 1. The molecule has 1 aromatic heterocycles. The standard InChI is InChI=1S/C25H29FN8O2/c1-19(35)20-7-8-23(22(26)17-20)31-13-15-32(16-14-31)24(36)18-30-9-11-33(12-10-30)25-27-28-29-34(25)21-5-3-2-4-6-21/h2-8,17H,9-16,18H2,1H3. The Kier molecular flexibility index (Phi) is 6.90. The molecule has 10 nitrogen and oxygen atoms in total. The number of halogens is 1. The van der Waals surface area contributed by atoms with Crippen molar-refractivity contribution in [1.82, 2.24) is 30.0 Å². The molecule has 11 heteroatoms. The zero-order valence-corrected chi connectivity index (χ0v) is 20.3. The van der Waals surface area contributed by atoms with Crippen molar-refractivity contribution >= 4 is 23.3 Å². The minimum absolute atomic E-state index is 0.0876. The number of rotatable bonds is 6. The van der Waals surface area contributed by atoms with E-state index in [1.807, 2.05) is 40.1 Å². The van der Waals surface area contributed by atoms with Gasteiger partial charge in [0.2, 0.25) is 11.9 Å². The fourth-order valence-corrected chi connectivity index (χ4v) is 4.69. The number of benzene rings is 2. The van der Waals surface area contributed by atoms with Gasteiger partial charge >= 0.3 is 0 Å². The van der Waals surface area contributed by atoms with Crippen molar-refractivity contribution in [2.45, 2.75) is 6.92 Å². The van der Waals surface area contributed by atoms with Crippen LogP contribution in [0.3, 0.4) is 0 Å². The Labute approximate surface area is 208 Å². The Morgan fingerprint density at radius 2 is 1.58 bits per heavy atom. The first-order valence-electron chi connectivity index (χ1n) is 12.1. The van der Waals surface area contributed by atoms with Crippen molar-refractivity contribution in [1.29, 1.82) is 0 Å². The van der Waals surface area contributed by atoms with Crippen LogP contribution < -0.4 is 9.80 Å². The number of aromatic nitrogens is 4. The number of ketones is 1. The number of piperazine rings is 2. The molecular weight excluding hydrogens is 463 g/mol. The maximum Gasteiger partial charge on any atom is 0.250 e. The molecule has 2 aliphatic heterocycles. The minimum Gasteiger partial charge on any atom is -0.366 e. The number of carbonyl (C=O) groups excluding carboxylic acids is 2. The summed E-state index contributed by atoms with van der Waals surface area (Å²) in [6.45, 7) is 6.90. The number of carbonyl (C=O) groups is 2. The van der Waals surface area contributed by atoms with E-state index < -0.39 is 5.82 Å². The molecular formula is C25H29FN8O2. The lowest BCUT2D eigenvalue weighted by Gasteiger charge is -2.38. The topological polar surface area (TPSA) is 90.7 Å². The van der Waals surface area contributed by atoms with Crippen LogP contribution >= 0.6 is 0 Å². The van der Waals surface area contributed by atoms with Gasteiger partial charge in [-0.1, -0.05) is 23.3 Å².